The van der Waals surface area contributed by atoms with Gasteiger partial charge in [-0.15, -0.1) is 0 Å². The van der Waals surface area contributed by atoms with E-state index in [-0.39, 0.29) is 11.7 Å². The normalized spacial score (nSPS) is 49.6. The van der Waals surface area contributed by atoms with Crippen molar-refractivity contribution in [3.8, 4) is 0 Å². The summed E-state index contributed by atoms with van der Waals surface area (Å²) in [6.45, 7) is 7.71. The zero-order valence-electron chi connectivity index (χ0n) is 18.8. The Morgan fingerprint density at radius 1 is 1.07 bits per heavy atom. The fourth-order valence-corrected chi connectivity index (χ4v) is 8.44. The van der Waals surface area contributed by atoms with Crippen LogP contribution in [0.15, 0.2) is 11.6 Å². The van der Waals surface area contributed by atoms with Crippen molar-refractivity contribution in [2.45, 2.75) is 104 Å². The van der Waals surface area contributed by atoms with Gasteiger partial charge < -0.3 is 9.47 Å². The third-order valence-electron chi connectivity index (χ3n) is 10.0. The minimum Gasteiger partial charge on any atom is -0.353 e. The van der Waals surface area contributed by atoms with Crippen LogP contribution in [-0.4, -0.2) is 24.8 Å². The highest BCUT2D eigenvalue weighted by Crippen LogP contribution is 2.66. The molecule has 3 nitrogen and oxygen atoms in total. The van der Waals surface area contributed by atoms with Crippen LogP contribution in [0, 0.1) is 34.5 Å². The van der Waals surface area contributed by atoms with E-state index in [0.29, 0.717) is 23.2 Å². The molecule has 3 saturated carbocycles. The van der Waals surface area contributed by atoms with E-state index in [4.69, 9.17) is 9.47 Å². The lowest BCUT2D eigenvalue weighted by atomic mass is 9.47. The van der Waals surface area contributed by atoms with Gasteiger partial charge in [0, 0.05) is 12.5 Å². The first-order chi connectivity index (χ1) is 13.9. The highest BCUT2D eigenvalue weighted by atomic mass is 16.7. The lowest BCUT2D eigenvalue weighted by Crippen LogP contribution is -2.51. The van der Waals surface area contributed by atoms with E-state index in [2.05, 4.69) is 19.9 Å². The fraction of sp³-hybridized carbons (Fsp3) is 0.885. The molecule has 1 aliphatic heterocycles. The number of carbonyl (C=O) groups excluding carboxylic acids is 1. The predicted molar refractivity (Wildman–Crippen MR) is 114 cm³/mol. The molecule has 1 heterocycles. The monoisotopic (exact) mass is 400 g/mol. The van der Waals surface area contributed by atoms with Gasteiger partial charge in [-0.3, -0.25) is 4.79 Å². The van der Waals surface area contributed by atoms with Gasteiger partial charge in [0.2, 0.25) is 0 Å². The van der Waals surface area contributed by atoms with E-state index in [1.165, 1.54) is 51.4 Å². The van der Waals surface area contributed by atoms with Gasteiger partial charge in [-0.05, 0) is 106 Å². The predicted octanol–water partition coefficient (Wildman–Crippen LogP) is 6.07. The summed E-state index contributed by atoms with van der Waals surface area (Å²) in [4.78, 5) is 12.3. The Labute approximate surface area is 177 Å². The number of carbonyl (C=O) groups is 1. The quantitative estimate of drug-likeness (QED) is 0.540. The summed E-state index contributed by atoms with van der Waals surface area (Å²) in [5.41, 5.74) is 2.29. The van der Waals surface area contributed by atoms with E-state index in [1.54, 1.807) is 5.57 Å². The van der Waals surface area contributed by atoms with Crippen molar-refractivity contribution in [1.82, 2.24) is 0 Å². The summed E-state index contributed by atoms with van der Waals surface area (Å²) in [5, 5.41) is 0. The molecular formula is C26H40O3. The second kappa shape index (κ2) is 7.48. The summed E-state index contributed by atoms with van der Waals surface area (Å²) in [6.07, 6.45) is 16.2. The van der Waals surface area contributed by atoms with Gasteiger partial charge in [-0.1, -0.05) is 25.5 Å². The first kappa shape index (κ1) is 20.2. The van der Waals surface area contributed by atoms with Gasteiger partial charge >= 0.3 is 0 Å². The number of Topliss-reactive ketones (excluding diaryl/α,β-unsaturated/α-hetero) is 1. The second-order valence-electron chi connectivity index (χ2n) is 11.3. The summed E-state index contributed by atoms with van der Waals surface area (Å²) in [6, 6.07) is 0. The van der Waals surface area contributed by atoms with Crippen molar-refractivity contribution >= 4 is 5.78 Å². The topological polar surface area (TPSA) is 35.5 Å². The molecule has 0 amide bonds. The first-order valence-electron chi connectivity index (χ1n) is 12.4. The molecule has 4 aliphatic carbocycles. The third-order valence-corrected chi connectivity index (χ3v) is 10.0. The Bertz CT molecular complexity index is 677. The Hall–Kier alpha value is -0.670. The maximum atomic E-state index is 12.3. The molecule has 5 rings (SSSR count). The molecule has 1 saturated heterocycles. The molecule has 29 heavy (non-hydrogen) atoms. The minimum atomic E-state index is 0.0347. The molecule has 2 unspecified atom stereocenters. The first-order valence-corrected chi connectivity index (χ1v) is 12.4. The Kier molecular flexibility index (Phi) is 5.22. The zero-order chi connectivity index (χ0) is 20.2. The van der Waals surface area contributed by atoms with Crippen LogP contribution in [0.1, 0.15) is 91.4 Å². The highest BCUT2D eigenvalue weighted by molar-refractivity contribution is 5.79. The number of hydrogen-bond donors (Lipinski definition) is 0. The van der Waals surface area contributed by atoms with E-state index >= 15 is 0 Å². The second-order valence-corrected chi connectivity index (χ2v) is 11.3. The molecule has 0 aromatic carbocycles. The van der Waals surface area contributed by atoms with Gasteiger partial charge in [-0.2, -0.15) is 0 Å². The maximum Gasteiger partial charge on any atom is 0.157 e. The highest BCUT2D eigenvalue weighted by Gasteiger charge is 2.59. The third kappa shape index (κ3) is 3.26. The molecule has 0 aromatic rings. The van der Waals surface area contributed by atoms with Gasteiger partial charge in [-0.25, -0.2) is 0 Å². The van der Waals surface area contributed by atoms with Crippen LogP contribution >= 0.6 is 0 Å². The van der Waals surface area contributed by atoms with Crippen LogP contribution in [0.2, 0.25) is 0 Å². The summed E-state index contributed by atoms with van der Waals surface area (Å²) < 4.78 is 12.2. The van der Waals surface area contributed by atoms with Crippen molar-refractivity contribution in [3.63, 3.8) is 0 Å². The SMILES string of the molecule is CC(=O)[C@H]1CC[C@H]2[C@@H]3CC=C4CC(OC5CCCCO5)CC[C@]4(C)[C@H]3CC[C@]12C. The average molecular weight is 401 g/mol. The van der Waals surface area contributed by atoms with E-state index in [9.17, 15) is 4.79 Å². The molecule has 3 heteroatoms. The van der Waals surface area contributed by atoms with Crippen LogP contribution in [0.5, 0.6) is 0 Å². The van der Waals surface area contributed by atoms with E-state index in [1.807, 2.05) is 6.92 Å². The fourth-order valence-electron chi connectivity index (χ4n) is 8.44. The Morgan fingerprint density at radius 2 is 1.93 bits per heavy atom. The molecular weight excluding hydrogens is 360 g/mol. The van der Waals surface area contributed by atoms with Gasteiger partial charge in [0.15, 0.2) is 6.29 Å². The van der Waals surface area contributed by atoms with Crippen LogP contribution in [-0.2, 0) is 14.3 Å². The van der Waals surface area contributed by atoms with Crippen molar-refractivity contribution in [2.75, 3.05) is 6.61 Å². The molecule has 0 N–H and O–H groups in total. The number of rotatable bonds is 3. The van der Waals surface area contributed by atoms with E-state index in [0.717, 1.165) is 43.6 Å². The van der Waals surface area contributed by atoms with Crippen LogP contribution in [0.3, 0.4) is 0 Å². The zero-order valence-corrected chi connectivity index (χ0v) is 18.8. The largest absolute Gasteiger partial charge is 0.353 e. The molecule has 4 fully saturated rings. The maximum absolute atomic E-state index is 12.3. The average Bonchev–Trinajstić information content (AvgIpc) is 3.06. The van der Waals surface area contributed by atoms with Crippen molar-refractivity contribution in [1.29, 1.82) is 0 Å². The van der Waals surface area contributed by atoms with Crippen LogP contribution in [0.4, 0.5) is 0 Å². The molecule has 0 radical (unpaired) electrons. The van der Waals surface area contributed by atoms with Gasteiger partial charge in [0.1, 0.15) is 5.78 Å². The van der Waals surface area contributed by atoms with Gasteiger partial charge in [0.25, 0.3) is 0 Å². The number of hydrogen-bond acceptors (Lipinski definition) is 3. The molecule has 8 atom stereocenters. The van der Waals surface area contributed by atoms with Gasteiger partial charge in [0.05, 0.1) is 6.10 Å². The van der Waals surface area contributed by atoms with Crippen molar-refractivity contribution in [2.24, 2.45) is 34.5 Å². The van der Waals surface area contributed by atoms with Crippen LogP contribution < -0.4 is 0 Å². The summed E-state index contributed by atoms with van der Waals surface area (Å²) in [5.74, 6) is 3.08. The summed E-state index contributed by atoms with van der Waals surface area (Å²) in [7, 11) is 0. The number of ether oxygens (including phenoxy) is 2. The number of allylic oxidation sites excluding steroid dienone is 1. The standard InChI is InChI=1S/C26H40O3/c1-17(27)21-9-10-22-20-8-7-18-16-19(29-24-6-4-5-15-28-24)11-13-25(18,2)23(20)12-14-26(21,22)3/h7,19-24H,4-6,8-16H2,1-3H3/t19?,20-,21+,22-,23-,24?,25-,26+/m0/s1. The summed E-state index contributed by atoms with van der Waals surface area (Å²) >= 11 is 0. The van der Waals surface area contributed by atoms with E-state index < -0.39 is 0 Å². The number of fused-ring (bicyclic) bond motifs is 5. The number of ketones is 1. The smallest absolute Gasteiger partial charge is 0.157 e. The molecule has 0 spiro atoms. The molecule has 162 valence electrons. The lowest BCUT2D eigenvalue weighted by Gasteiger charge is -2.58. The Morgan fingerprint density at radius 3 is 2.69 bits per heavy atom. The molecule has 5 aliphatic rings. The molecule has 0 bridgehead atoms. The minimum absolute atomic E-state index is 0.0347. The van der Waals surface area contributed by atoms with Crippen molar-refractivity contribution in [3.05, 3.63) is 11.6 Å². The Balaban J connectivity index is 1.32. The lowest BCUT2D eigenvalue weighted by molar-refractivity contribution is -0.195. The van der Waals surface area contributed by atoms with Crippen molar-refractivity contribution < 1.29 is 14.3 Å². The van der Waals surface area contributed by atoms with Crippen LogP contribution in [0.25, 0.3) is 0 Å². The molecule has 0 aromatic heterocycles.